The van der Waals surface area contributed by atoms with Crippen LogP contribution in [0, 0.1) is 12.8 Å². The van der Waals surface area contributed by atoms with E-state index < -0.39 is 5.97 Å². The molecular formula is C10H13N3O2. The number of hydrogen-bond acceptors (Lipinski definition) is 4. The Labute approximate surface area is 87.6 Å². The second-order valence-electron chi connectivity index (χ2n) is 3.79. The molecule has 0 amide bonds. The molecule has 0 saturated carbocycles. The minimum absolute atomic E-state index is 0.0596. The highest BCUT2D eigenvalue weighted by molar-refractivity contribution is 5.72. The van der Waals surface area contributed by atoms with E-state index in [2.05, 4.69) is 15.3 Å². The number of carboxylic acid groups (broad SMARTS) is 1. The summed E-state index contributed by atoms with van der Waals surface area (Å²) in [4.78, 5) is 19.3. The van der Waals surface area contributed by atoms with Crippen molar-refractivity contribution >= 4 is 5.97 Å². The molecule has 0 spiro atoms. The normalized spacial score (nSPS) is 25.4. The van der Waals surface area contributed by atoms with Crippen LogP contribution in [0.2, 0.25) is 0 Å². The van der Waals surface area contributed by atoms with Gasteiger partial charge in [-0.15, -0.1) is 0 Å². The minimum atomic E-state index is -0.771. The highest BCUT2D eigenvalue weighted by Crippen LogP contribution is 2.26. The van der Waals surface area contributed by atoms with E-state index in [9.17, 15) is 4.79 Å². The predicted molar refractivity (Wildman–Crippen MR) is 53.5 cm³/mol. The molecule has 0 radical (unpaired) electrons. The monoisotopic (exact) mass is 207 g/mol. The van der Waals surface area contributed by atoms with Gasteiger partial charge in [0.05, 0.1) is 17.3 Å². The van der Waals surface area contributed by atoms with Gasteiger partial charge in [0.2, 0.25) is 0 Å². The summed E-state index contributed by atoms with van der Waals surface area (Å²) in [6.45, 7) is 3.03. The molecule has 1 aromatic rings. The van der Waals surface area contributed by atoms with Crippen LogP contribution in [0.25, 0.3) is 0 Å². The molecule has 0 aliphatic carbocycles. The zero-order chi connectivity index (χ0) is 10.8. The number of aliphatic carboxylic acids is 1. The molecule has 1 saturated heterocycles. The van der Waals surface area contributed by atoms with Crippen molar-refractivity contribution in [2.45, 2.75) is 12.8 Å². The van der Waals surface area contributed by atoms with Crippen LogP contribution in [0.4, 0.5) is 0 Å². The van der Waals surface area contributed by atoms with E-state index >= 15 is 0 Å². The number of nitrogens with zero attached hydrogens (tertiary/aromatic N) is 2. The number of hydrogen-bond donors (Lipinski definition) is 2. The van der Waals surface area contributed by atoms with Crippen LogP contribution in [0.5, 0.6) is 0 Å². The summed E-state index contributed by atoms with van der Waals surface area (Å²) in [5, 5.41) is 12.1. The number of rotatable bonds is 2. The Morgan fingerprint density at radius 2 is 2.27 bits per heavy atom. The quantitative estimate of drug-likeness (QED) is 0.723. The van der Waals surface area contributed by atoms with Gasteiger partial charge in [0.15, 0.2) is 0 Å². The van der Waals surface area contributed by atoms with Gasteiger partial charge in [-0.25, -0.2) is 0 Å². The molecule has 2 rings (SSSR count). The fourth-order valence-electron chi connectivity index (χ4n) is 1.84. The first kappa shape index (κ1) is 10.0. The maximum atomic E-state index is 11.0. The topological polar surface area (TPSA) is 75.1 Å². The van der Waals surface area contributed by atoms with Crippen molar-refractivity contribution in [1.82, 2.24) is 15.3 Å². The summed E-state index contributed by atoms with van der Waals surface area (Å²) < 4.78 is 0. The summed E-state index contributed by atoms with van der Waals surface area (Å²) in [7, 11) is 0. The Balaban J connectivity index is 2.22. The molecule has 5 nitrogen and oxygen atoms in total. The molecule has 2 heterocycles. The van der Waals surface area contributed by atoms with E-state index in [1.807, 2.05) is 6.92 Å². The van der Waals surface area contributed by atoms with Crippen LogP contribution in [-0.4, -0.2) is 34.1 Å². The van der Waals surface area contributed by atoms with Gasteiger partial charge >= 0.3 is 5.97 Å². The van der Waals surface area contributed by atoms with E-state index in [-0.39, 0.29) is 11.8 Å². The van der Waals surface area contributed by atoms with E-state index in [1.165, 1.54) is 0 Å². The lowest BCUT2D eigenvalue weighted by atomic mass is 9.93. The molecule has 15 heavy (non-hydrogen) atoms. The SMILES string of the molecule is Cc1cnc(C2CNCC2C(=O)O)cn1. The highest BCUT2D eigenvalue weighted by atomic mass is 16.4. The summed E-state index contributed by atoms with van der Waals surface area (Å²) in [5.41, 5.74) is 1.61. The van der Waals surface area contributed by atoms with Gasteiger partial charge < -0.3 is 10.4 Å². The first-order valence-electron chi connectivity index (χ1n) is 4.90. The lowest BCUT2D eigenvalue weighted by molar-refractivity contribution is -0.141. The lowest BCUT2D eigenvalue weighted by Crippen LogP contribution is -2.21. The third-order valence-corrected chi connectivity index (χ3v) is 2.71. The molecule has 5 heteroatoms. The first-order valence-corrected chi connectivity index (χ1v) is 4.90. The van der Waals surface area contributed by atoms with E-state index in [0.29, 0.717) is 13.1 Å². The van der Waals surface area contributed by atoms with Crippen molar-refractivity contribution in [3.63, 3.8) is 0 Å². The van der Waals surface area contributed by atoms with Crippen LogP contribution in [0.15, 0.2) is 12.4 Å². The number of aryl methyl sites for hydroxylation is 1. The summed E-state index contributed by atoms with van der Waals surface area (Å²) >= 11 is 0. The van der Waals surface area contributed by atoms with Gasteiger partial charge in [-0.3, -0.25) is 14.8 Å². The van der Waals surface area contributed by atoms with Gasteiger partial charge in [0.25, 0.3) is 0 Å². The van der Waals surface area contributed by atoms with Gasteiger partial charge in [-0.1, -0.05) is 0 Å². The molecule has 2 unspecified atom stereocenters. The molecular weight excluding hydrogens is 194 g/mol. The second-order valence-corrected chi connectivity index (χ2v) is 3.79. The average molecular weight is 207 g/mol. The van der Waals surface area contributed by atoms with Crippen molar-refractivity contribution in [2.24, 2.45) is 5.92 Å². The van der Waals surface area contributed by atoms with Gasteiger partial charge in [-0.05, 0) is 6.92 Å². The largest absolute Gasteiger partial charge is 0.481 e. The van der Waals surface area contributed by atoms with Crippen LogP contribution in [-0.2, 0) is 4.79 Å². The van der Waals surface area contributed by atoms with Gasteiger partial charge in [0.1, 0.15) is 0 Å². The van der Waals surface area contributed by atoms with Crippen molar-refractivity contribution < 1.29 is 9.90 Å². The molecule has 1 aromatic heterocycles. The van der Waals surface area contributed by atoms with Crippen LogP contribution in [0.3, 0.4) is 0 Å². The van der Waals surface area contributed by atoms with Crippen LogP contribution in [0.1, 0.15) is 17.3 Å². The Bertz CT molecular complexity index is 363. The Morgan fingerprint density at radius 1 is 1.47 bits per heavy atom. The zero-order valence-electron chi connectivity index (χ0n) is 8.47. The Kier molecular flexibility index (Phi) is 2.64. The predicted octanol–water partition coefficient (Wildman–Crippen LogP) is 0.173. The van der Waals surface area contributed by atoms with Crippen molar-refractivity contribution in [2.75, 3.05) is 13.1 Å². The standard InChI is InChI=1S/C10H13N3O2/c1-6-2-13-9(5-12-6)7-3-11-4-8(7)10(14)15/h2,5,7-8,11H,3-4H2,1H3,(H,14,15). The lowest BCUT2D eigenvalue weighted by Gasteiger charge is -2.13. The number of nitrogens with one attached hydrogen (secondary N) is 1. The van der Waals surface area contributed by atoms with Crippen molar-refractivity contribution in [3.05, 3.63) is 23.8 Å². The summed E-state index contributed by atoms with van der Waals surface area (Å²) in [5.74, 6) is -1.22. The third kappa shape index (κ3) is 1.97. The number of carbonyl (C=O) groups is 1. The molecule has 1 aliphatic rings. The summed E-state index contributed by atoms with van der Waals surface area (Å²) in [6.07, 6.45) is 3.34. The molecule has 2 atom stereocenters. The van der Waals surface area contributed by atoms with E-state index in [4.69, 9.17) is 5.11 Å². The molecule has 80 valence electrons. The molecule has 0 bridgehead atoms. The number of aromatic nitrogens is 2. The maximum absolute atomic E-state index is 11.0. The molecule has 0 aromatic carbocycles. The maximum Gasteiger partial charge on any atom is 0.308 e. The minimum Gasteiger partial charge on any atom is -0.481 e. The molecule has 1 aliphatic heterocycles. The highest BCUT2D eigenvalue weighted by Gasteiger charge is 2.34. The van der Waals surface area contributed by atoms with Gasteiger partial charge in [0, 0.05) is 31.4 Å². The van der Waals surface area contributed by atoms with Crippen molar-refractivity contribution in [1.29, 1.82) is 0 Å². The van der Waals surface area contributed by atoms with Crippen LogP contribution >= 0.6 is 0 Å². The van der Waals surface area contributed by atoms with Crippen LogP contribution < -0.4 is 5.32 Å². The third-order valence-electron chi connectivity index (χ3n) is 2.71. The Morgan fingerprint density at radius 3 is 2.87 bits per heavy atom. The van der Waals surface area contributed by atoms with Crippen molar-refractivity contribution in [3.8, 4) is 0 Å². The van der Waals surface area contributed by atoms with E-state index in [0.717, 1.165) is 11.4 Å². The second kappa shape index (κ2) is 3.94. The fourth-order valence-corrected chi connectivity index (χ4v) is 1.84. The van der Waals surface area contributed by atoms with E-state index in [1.54, 1.807) is 12.4 Å². The average Bonchev–Trinajstić information content (AvgIpc) is 2.67. The van der Waals surface area contributed by atoms with Gasteiger partial charge in [-0.2, -0.15) is 0 Å². The summed E-state index contributed by atoms with van der Waals surface area (Å²) in [6, 6.07) is 0. The first-order chi connectivity index (χ1) is 7.18. The Hall–Kier alpha value is -1.49. The molecule has 2 N–H and O–H groups in total. The molecule has 1 fully saturated rings. The number of carboxylic acids is 1. The fraction of sp³-hybridized carbons (Fsp3) is 0.500. The smallest absolute Gasteiger partial charge is 0.308 e. The zero-order valence-corrected chi connectivity index (χ0v) is 8.47.